The highest BCUT2D eigenvalue weighted by Crippen LogP contribution is 2.34. The van der Waals surface area contributed by atoms with E-state index in [4.69, 9.17) is 9.47 Å². The van der Waals surface area contributed by atoms with Crippen molar-refractivity contribution in [1.29, 1.82) is 0 Å². The smallest absolute Gasteiger partial charge is 0.332 e. The molecule has 4 aromatic rings. The van der Waals surface area contributed by atoms with Crippen molar-refractivity contribution >= 4 is 33.5 Å². The number of rotatable bonds is 6. The Bertz CT molecular complexity index is 1450. The van der Waals surface area contributed by atoms with Crippen molar-refractivity contribution in [2.75, 3.05) is 19.5 Å². The van der Waals surface area contributed by atoms with Gasteiger partial charge in [-0.1, -0.05) is 0 Å². The molecule has 11 nitrogen and oxygen atoms in total. The zero-order valence-corrected chi connectivity index (χ0v) is 18.6. The Hall–Kier alpha value is -3.93. The predicted molar refractivity (Wildman–Crippen MR) is 119 cm³/mol. The first-order chi connectivity index (χ1) is 15.3. The average molecular weight is 456 g/mol. The molecule has 4 rings (SSSR count). The lowest BCUT2D eigenvalue weighted by Crippen LogP contribution is -2.37. The van der Waals surface area contributed by atoms with Gasteiger partial charge < -0.3 is 19.4 Å². The first-order valence-electron chi connectivity index (χ1n) is 9.42. The highest BCUT2D eigenvalue weighted by molar-refractivity contribution is 7.14. The molecule has 0 spiro atoms. The third-order valence-electron chi connectivity index (χ3n) is 4.97. The van der Waals surface area contributed by atoms with Crippen LogP contribution in [0.1, 0.15) is 0 Å². The summed E-state index contributed by atoms with van der Waals surface area (Å²) >= 11 is 1.26. The first-order valence-corrected chi connectivity index (χ1v) is 10.3. The van der Waals surface area contributed by atoms with Gasteiger partial charge in [-0.2, -0.15) is 0 Å². The van der Waals surface area contributed by atoms with Gasteiger partial charge in [0.05, 0.1) is 26.2 Å². The zero-order chi connectivity index (χ0) is 23.0. The molecular formula is C20H20N6O5S. The van der Waals surface area contributed by atoms with Gasteiger partial charge in [-0.05, 0) is 12.1 Å². The minimum atomic E-state index is -0.517. The lowest BCUT2D eigenvalue weighted by Gasteiger charge is -2.08. The van der Waals surface area contributed by atoms with Crippen molar-refractivity contribution in [3.63, 3.8) is 0 Å². The SMILES string of the molecule is COc1ccc(-c2csc(NC(=O)Cn3cnc4c3c(=O)n(C)c(=O)n4C)n2)c(OC)c1. The van der Waals surface area contributed by atoms with Gasteiger partial charge in [0.25, 0.3) is 5.56 Å². The molecule has 0 radical (unpaired) electrons. The van der Waals surface area contributed by atoms with Crippen LogP contribution in [0.15, 0.2) is 39.5 Å². The predicted octanol–water partition coefficient (Wildman–Crippen LogP) is 1.21. The van der Waals surface area contributed by atoms with E-state index in [0.717, 1.165) is 10.1 Å². The van der Waals surface area contributed by atoms with Gasteiger partial charge in [0.2, 0.25) is 5.91 Å². The fourth-order valence-corrected chi connectivity index (χ4v) is 4.02. The molecule has 12 heteroatoms. The van der Waals surface area contributed by atoms with Crippen LogP contribution in [0.4, 0.5) is 5.13 Å². The quantitative estimate of drug-likeness (QED) is 0.463. The number of ether oxygens (including phenoxy) is 2. The summed E-state index contributed by atoms with van der Waals surface area (Å²) in [6.07, 6.45) is 1.36. The molecule has 1 N–H and O–H groups in total. The van der Waals surface area contributed by atoms with Crippen LogP contribution >= 0.6 is 11.3 Å². The van der Waals surface area contributed by atoms with Crippen molar-refractivity contribution in [3.05, 3.63) is 50.7 Å². The lowest BCUT2D eigenvalue weighted by atomic mass is 10.1. The molecule has 0 aliphatic carbocycles. The molecule has 0 fully saturated rings. The fraction of sp³-hybridized carbons (Fsp3) is 0.250. The van der Waals surface area contributed by atoms with Gasteiger partial charge in [0.1, 0.15) is 18.0 Å². The number of aryl methyl sites for hydroxylation is 1. The van der Waals surface area contributed by atoms with Crippen LogP contribution in [0.2, 0.25) is 0 Å². The monoisotopic (exact) mass is 456 g/mol. The number of carbonyl (C=O) groups is 1. The summed E-state index contributed by atoms with van der Waals surface area (Å²) in [5, 5.41) is 4.93. The number of anilines is 1. The van der Waals surface area contributed by atoms with Crippen LogP contribution in [0.25, 0.3) is 22.4 Å². The Morgan fingerprint density at radius 3 is 2.66 bits per heavy atom. The number of aromatic nitrogens is 5. The maximum atomic E-state index is 12.6. The molecular weight excluding hydrogens is 436 g/mol. The third-order valence-corrected chi connectivity index (χ3v) is 5.72. The highest BCUT2D eigenvalue weighted by atomic mass is 32.1. The van der Waals surface area contributed by atoms with E-state index in [1.807, 2.05) is 6.07 Å². The largest absolute Gasteiger partial charge is 0.497 e. The summed E-state index contributed by atoms with van der Waals surface area (Å²) in [4.78, 5) is 45.8. The maximum absolute atomic E-state index is 12.6. The second-order valence-electron chi connectivity index (χ2n) is 6.90. The van der Waals surface area contributed by atoms with Gasteiger partial charge in [-0.25, -0.2) is 14.8 Å². The topological polar surface area (TPSA) is 122 Å². The van der Waals surface area contributed by atoms with Crippen molar-refractivity contribution in [1.82, 2.24) is 23.7 Å². The van der Waals surface area contributed by atoms with Crippen LogP contribution in [0.3, 0.4) is 0 Å². The second kappa shape index (κ2) is 8.30. The highest BCUT2D eigenvalue weighted by Gasteiger charge is 2.17. The van der Waals surface area contributed by atoms with E-state index in [0.29, 0.717) is 22.3 Å². The number of amides is 1. The number of nitrogens with one attached hydrogen (secondary N) is 1. The summed E-state index contributed by atoms with van der Waals surface area (Å²) in [7, 11) is 6.03. The zero-order valence-electron chi connectivity index (χ0n) is 17.8. The van der Waals surface area contributed by atoms with Crippen LogP contribution in [-0.2, 0) is 25.4 Å². The first kappa shape index (κ1) is 21.3. The molecule has 0 bridgehead atoms. The van der Waals surface area contributed by atoms with E-state index in [1.54, 1.807) is 31.7 Å². The van der Waals surface area contributed by atoms with Crippen molar-refractivity contribution in [2.24, 2.45) is 14.1 Å². The van der Waals surface area contributed by atoms with Crippen LogP contribution in [0, 0.1) is 0 Å². The van der Waals surface area contributed by atoms with E-state index < -0.39 is 11.2 Å². The molecule has 0 aliphatic rings. The number of methoxy groups -OCH3 is 2. The Balaban J connectivity index is 1.56. The lowest BCUT2D eigenvalue weighted by molar-refractivity contribution is -0.116. The van der Waals surface area contributed by atoms with Crippen LogP contribution in [0.5, 0.6) is 11.5 Å². The minimum absolute atomic E-state index is 0.162. The van der Waals surface area contributed by atoms with Gasteiger partial charge in [0.15, 0.2) is 16.3 Å². The molecule has 0 saturated heterocycles. The number of hydrogen-bond donors (Lipinski definition) is 1. The molecule has 3 aromatic heterocycles. The molecule has 3 heterocycles. The Kier molecular flexibility index (Phi) is 5.53. The molecule has 1 aromatic carbocycles. The standard InChI is InChI=1S/C20H20N6O5S/c1-24-17-16(18(28)25(2)20(24)29)26(10-21-17)8-15(27)23-19-22-13(9-32-19)12-6-5-11(30-3)7-14(12)31-4/h5-7,9-10H,8H2,1-4H3,(H,22,23,27). The van der Waals surface area contributed by atoms with Crippen molar-refractivity contribution in [2.45, 2.75) is 6.54 Å². The van der Waals surface area contributed by atoms with E-state index in [1.165, 1.54) is 40.9 Å². The molecule has 0 saturated carbocycles. The van der Waals surface area contributed by atoms with Crippen molar-refractivity contribution < 1.29 is 14.3 Å². The van der Waals surface area contributed by atoms with Crippen molar-refractivity contribution in [3.8, 4) is 22.8 Å². The van der Waals surface area contributed by atoms with E-state index >= 15 is 0 Å². The summed E-state index contributed by atoms with van der Waals surface area (Å²) in [5.41, 5.74) is 0.788. The van der Waals surface area contributed by atoms with Crippen LogP contribution in [-0.4, -0.2) is 43.8 Å². The average Bonchev–Trinajstić information content (AvgIpc) is 3.43. The van der Waals surface area contributed by atoms with Gasteiger partial charge >= 0.3 is 5.69 Å². The summed E-state index contributed by atoms with van der Waals surface area (Å²) < 4.78 is 14.3. The number of hydrogen-bond acceptors (Lipinski definition) is 8. The molecule has 0 atom stereocenters. The van der Waals surface area contributed by atoms with Gasteiger partial charge in [0, 0.05) is 31.1 Å². The number of thiazole rings is 1. The normalized spacial score (nSPS) is 11.0. The number of nitrogens with zero attached hydrogens (tertiary/aromatic N) is 5. The Morgan fingerprint density at radius 1 is 1.16 bits per heavy atom. The number of imidazole rings is 1. The Labute approximate surface area is 185 Å². The molecule has 32 heavy (non-hydrogen) atoms. The Morgan fingerprint density at radius 2 is 1.94 bits per heavy atom. The third kappa shape index (κ3) is 3.64. The molecule has 1 amide bonds. The number of fused-ring (bicyclic) bond motifs is 1. The number of carbonyl (C=O) groups excluding carboxylic acids is 1. The fourth-order valence-electron chi connectivity index (χ4n) is 3.30. The minimum Gasteiger partial charge on any atom is -0.497 e. The van der Waals surface area contributed by atoms with E-state index in [9.17, 15) is 14.4 Å². The van der Waals surface area contributed by atoms with E-state index in [2.05, 4.69) is 15.3 Å². The molecule has 0 aliphatic heterocycles. The number of benzene rings is 1. The summed E-state index contributed by atoms with van der Waals surface area (Å²) in [5.74, 6) is 0.868. The summed E-state index contributed by atoms with van der Waals surface area (Å²) in [6.45, 7) is -0.162. The van der Waals surface area contributed by atoms with Gasteiger partial charge in [-0.3, -0.25) is 18.7 Å². The van der Waals surface area contributed by atoms with E-state index in [-0.39, 0.29) is 23.6 Å². The summed E-state index contributed by atoms with van der Waals surface area (Å²) in [6, 6.07) is 5.38. The van der Waals surface area contributed by atoms with Crippen LogP contribution < -0.4 is 26.0 Å². The molecule has 0 unspecified atom stereocenters. The van der Waals surface area contributed by atoms with Gasteiger partial charge in [-0.15, -0.1) is 11.3 Å². The maximum Gasteiger partial charge on any atom is 0.332 e. The second-order valence-corrected chi connectivity index (χ2v) is 7.76. The molecule has 166 valence electrons.